The van der Waals surface area contributed by atoms with Gasteiger partial charge in [-0.05, 0) is 55.3 Å². The first-order chi connectivity index (χ1) is 14.1. The van der Waals surface area contributed by atoms with Crippen LogP contribution in [0.4, 0.5) is 11.4 Å². The maximum atomic E-state index is 12.5. The Labute approximate surface area is 186 Å². The first-order valence-corrected chi connectivity index (χ1v) is 11.3. The molecule has 1 N–H and O–H groups in total. The van der Waals surface area contributed by atoms with E-state index in [-0.39, 0.29) is 11.7 Å². The third-order valence-electron chi connectivity index (χ3n) is 4.50. The number of aromatic nitrogens is 2. The second kappa shape index (κ2) is 9.19. The molecule has 0 atom stereocenters. The highest BCUT2D eigenvalue weighted by Crippen LogP contribution is 2.32. The van der Waals surface area contributed by atoms with Gasteiger partial charge in [-0.2, -0.15) is 0 Å². The van der Waals surface area contributed by atoms with Gasteiger partial charge in [0.25, 0.3) is 5.22 Å². The van der Waals surface area contributed by atoms with Gasteiger partial charge in [0, 0.05) is 28.1 Å². The molecule has 1 saturated heterocycles. The molecule has 0 unspecified atom stereocenters. The van der Waals surface area contributed by atoms with Crippen molar-refractivity contribution in [3.05, 3.63) is 52.0 Å². The average Bonchev–Trinajstić information content (AvgIpc) is 3.39. The Kier molecular flexibility index (Phi) is 6.42. The number of nitrogens with one attached hydrogen (secondary N) is 1. The Balaban J connectivity index is 1.38. The minimum absolute atomic E-state index is 0.152. The van der Waals surface area contributed by atoms with E-state index in [0.717, 1.165) is 47.3 Å². The summed E-state index contributed by atoms with van der Waals surface area (Å²) in [7, 11) is 0. The van der Waals surface area contributed by atoms with Crippen LogP contribution in [0.15, 0.2) is 56.6 Å². The topological polar surface area (TPSA) is 71.3 Å². The number of amides is 1. The van der Waals surface area contributed by atoms with Crippen molar-refractivity contribution in [2.24, 2.45) is 0 Å². The fourth-order valence-electron chi connectivity index (χ4n) is 3.13. The number of hydrogen-bond acceptors (Lipinski definition) is 6. The lowest BCUT2D eigenvalue weighted by Crippen LogP contribution is -2.21. The van der Waals surface area contributed by atoms with Crippen LogP contribution in [0.5, 0.6) is 0 Å². The van der Waals surface area contributed by atoms with Crippen LogP contribution in [0.1, 0.15) is 12.8 Å². The summed E-state index contributed by atoms with van der Waals surface area (Å²) in [6.45, 7) is 1.97. The highest BCUT2D eigenvalue weighted by atomic mass is 79.9. The molecule has 1 amide bonds. The molecule has 3 aromatic rings. The molecule has 2 heterocycles. The van der Waals surface area contributed by atoms with Crippen molar-refractivity contribution in [3.8, 4) is 11.5 Å². The molecule has 2 aromatic carbocycles. The monoisotopic (exact) mass is 492 g/mol. The van der Waals surface area contributed by atoms with Crippen molar-refractivity contribution >= 4 is 56.6 Å². The van der Waals surface area contributed by atoms with Crippen LogP contribution in [0, 0.1) is 0 Å². The van der Waals surface area contributed by atoms with Gasteiger partial charge in [-0.3, -0.25) is 4.79 Å². The standard InChI is InChI=1S/C20H18BrClN4O2S/c21-14-5-3-13(4-6-14)19-24-25-20(28-19)29-12-18(27)23-16-11-15(22)7-8-17(16)26-9-1-2-10-26/h3-8,11H,1-2,9-10,12H2,(H,23,27). The van der Waals surface area contributed by atoms with Crippen molar-refractivity contribution in [1.82, 2.24) is 10.2 Å². The summed E-state index contributed by atoms with van der Waals surface area (Å²) < 4.78 is 6.62. The third kappa shape index (κ3) is 5.12. The second-order valence-electron chi connectivity index (χ2n) is 6.57. The van der Waals surface area contributed by atoms with Crippen LogP contribution in [0.2, 0.25) is 5.02 Å². The molecule has 1 aromatic heterocycles. The third-order valence-corrected chi connectivity index (χ3v) is 6.09. The van der Waals surface area contributed by atoms with E-state index < -0.39 is 0 Å². The van der Waals surface area contributed by atoms with Gasteiger partial charge in [0.2, 0.25) is 11.8 Å². The van der Waals surface area contributed by atoms with E-state index in [0.29, 0.717) is 16.1 Å². The molecule has 0 saturated carbocycles. The summed E-state index contributed by atoms with van der Waals surface area (Å²) >= 11 is 10.7. The first-order valence-electron chi connectivity index (χ1n) is 9.15. The van der Waals surface area contributed by atoms with Crippen molar-refractivity contribution < 1.29 is 9.21 Å². The predicted octanol–water partition coefficient (Wildman–Crippen LogP) is 5.48. The van der Waals surface area contributed by atoms with Gasteiger partial charge in [-0.25, -0.2) is 0 Å². The number of nitrogens with zero attached hydrogens (tertiary/aromatic N) is 3. The number of rotatable bonds is 6. The number of thioether (sulfide) groups is 1. The van der Waals surface area contributed by atoms with E-state index in [1.807, 2.05) is 36.4 Å². The smallest absolute Gasteiger partial charge is 0.277 e. The summed E-state index contributed by atoms with van der Waals surface area (Å²) in [5.41, 5.74) is 2.55. The Morgan fingerprint density at radius 2 is 1.93 bits per heavy atom. The number of carbonyl (C=O) groups excluding carboxylic acids is 1. The maximum absolute atomic E-state index is 12.5. The highest BCUT2D eigenvalue weighted by Gasteiger charge is 2.18. The van der Waals surface area contributed by atoms with Crippen LogP contribution < -0.4 is 10.2 Å². The van der Waals surface area contributed by atoms with Gasteiger partial charge in [0.05, 0.1) is 17.1 Å². The van der Waals surface area contributed by atoms with E-state index in [4.69, 9.17) is 16.0 Å². The normalized spacial score (nSPS) is 13.7. The van der Waals surface area contributed by atoms with Crippen molar-refractivity contribution in [1.29, 1.82) is 0 Å². The van der Waals surface area contributed by atoms with E-state index in [9.17, 15) is 4.79 Å². The fourth-order valence-corrected chi connectivity index (χ4v) is 4.13. The lowest BCUT2D eigenvalue weighted by molar-refractivity contribution is -0.113. The Morgan fingerprint density at radius 3 is 2.69 bits per heavy atom. The van der Waals surface area contributed by atoms with Gasteiger partial charge in [0.1, 0.15) is 0 Å². The maximum Gasteiger partial charge on any atom is 0.277 e. The molecule has 1 aliphatic rings. The van der Waals surface area contributed by atoms with Crippen LogP contribution in [-0.4, -0.2) is 34.9 Å². The molecular formula is C20H18BrClN4O2S. The Bertz CT molecular complexity index is 1010. The molecular weight excluding hydrogens is 476 g/mol. The lowest BCUT2D eigenvalue weighted by atomic mass is 10.2. The van der Waals surface area contributed by atoms with Crippen LogP contribution in [0.25, 0.3) is 11.5 Å². The van der Waals surface area contributed by atoms with Gasteiger partial charge in [0.15, 0.2) is 0 Å². The molecule has 1 fully saturated rings. The van der Waals surface area contributed by atoms with Crippen molar-refractivity contribution in [2.45, 2.75) is 18.1 Å². The molecule has 4 rings (SSSR count). The molecule has 6 nitrogen and oxygen atoms in total. The lowest BCUT2D eigenvalue weighted by Gasteiger charge is -2.21. The second-order valence-corrected chi connectivity index (χ2v) is 8.85. The van der Waals surface area contributed by atoms with Gasteiger partial charge >= 0.3 is 0 Å². The number of hydrogen-bond donors (Lipinski definition) is 1. The average molecular weight is 494 g/mol. The molecule has 1 aliphatic heterocycles. The zero-order valence-corrected chi connectivity index (χ0v) is 18.6. The molecule has 9 heteroatoms. The summed E-state index contributed by atoms with van der Waals surface area (Å²) in [4.78, 5) is 14.8. The number of halogens is 2. The quantitative estimate of drug-likeness (QED) is 0.458. The number of benzene rings is 2. The molecule has 0 aliphatic carbocycles. The van der Waals surface area contributed by atoms with Crippen LogP contribution >= 0.6 is 39.3 Å². The zero-order chi connectivity index (χ0) is 20.2. The summed E-state index contributed by atoms with van der Waals surface area (Å²) in [5, 5.41) is 12.0. The van der Waals surface area contributed by atoms with Crippen LogP contribution in [0.3, 0.4) is 0 Å². The molecule has 29 heavy (non-hydrogen) atoms. The molecule has 0 radical (unpaired) electrons. The number of carbonyl (C=O) groups is 1. The highest BCUT2D eigenvalue weighted by molar-refractivity contribution is 9.10. The Morgan fingerprint density at radius 1 is 1.17 bits per heavy atom. The zero-order valence-electron chi connectivity index (χ0n) is 15.4. The first kappa shape index (κ1) is 20.3. The van der Waals surface area contributed by atoms with E-state index in [2.05, 4.69) is 36.3 Å². The number of anilines is 2. The molecule has 0 bridgehead atoms. The van der Waals surface area contributed by atoms with Gasteiger partial charge < -0.3 is 14.6 Å². The van der Waals surface area contributed by atoms with Gasteiger partial charge in [-0.15, -0.1) is 10.2 Å². The molecule has 0 spiro atoms. The predicted molar refractivity (Wildman–Crippen MR) is 120 cm³/mol. The van der Waals surface area contributed by atoms with E-state index in [1.54, 1.807) is 6.07 Å². The van der Waals surface area contributed by atoms with Gasteiger partial charge in [-0.1, -0.05) is 39.3 Å². The summed E-state index contributed by atoms with van der Waals surface area (Å²) in [6.07, 6.45) is 2.31. The van der Waals surface area contributed by atoms with Crippen LogP contribution in [-0.2, 0) is 4.79 Å². The minimum Gasteiger partial charge on any atom is -0.411 e. The van der Waals surface area contributed by atoms with Crippen molar-refractivity contribution in [2.75, 3.05) is 29.1 Å². The van der Waals surface area contributed by atoms with E-state index in [1.165, 1.54) is 11.8 Å². The molecule has 150 valence electrons. The SMILES string of the molecule is O=C(CSc1nnc(-c2ccc(Br)cc2)o1)Nc1cc(Cl)ccc1N1CCCC1. The fraction of sp³-hybridized carbons (Fsp3) is 0.250. The summed E-state index contributed by atoms with van der Waals surface area (Å²) in [5.74, 6) is 0.432. The summed E-state index contributed by atoms with van der Waals surface area (Å²) in [6, 6.07) is 13.2. The minimum atomic E-state index is -0.152. The van der Waals surface area contributed by atoms with Crippen molar-refractivity contribution in [3.63, 3.8) is 0 Å². The Hall–Kier alpha value is -2.03. The largest absolute Gasteiger partial charge is 0.411 e. The van der Waals surface area contributed by atoms with E-state index >= 15 is 0 Å².